The summed E-state index contributed by atoms with van der Waals surface area (Å²) in [4.78, 5) is 25.3. The van der Waals surface area contributed by atoms with Crippen LogP contribution in [0.4, 0.5) is 0 Å². The molecule has 1 aromatic carbocycles. The van der Waals surface area contributed by atoms with Gasteiger partial charge in [-0.15, -0.1) is 11.3 Å². The Morgan fingerprint density at radius 2 is 2.00 bits per heavy atom. The molecule has 0 radical (unpaired) electrons. The molecule has 1 N–H and O–H groups in total. The van der Waals surface area contributed by atoms with E-state index in [4.69, 9.17) is 4.74 Å². The quantitative estimate of drug-likeness (QED) is 0.563. The molecule has 0 aliphatic heterocycles. The lowest BCUT2D eigenvalue weighted by Crippen LogP contribution is -2.36. The number of methoxy groups -OCH3 is 1. The second-order valence-electron chi connectivity index (χ2n) is 6.61. The van der Waals surface area contributed by atoms with Crippen molar-refractivity contribution < 1.29 is 9.53 Å². The van der Waals surface area contributed by atoms with Gasteiger partial charge < -0.3 is 10.1 Å². The van der Waals surface area contributed by atoms with E-state index in [-0.39, 0.29) is 24.1 Å². The Bertz CT molecular complexity index is 1220. The summed E-state index contributed by atoms with van der Waals surface area (Å²) in [7, 11) is 1.61. The van der Waals surface area contributed by atoms with Crippen LogP contribution in [0.25, 0.3) is 15.7 Å². The van der Waals surface area contributed by atoms with E-state index in [1.807, 2.05) is 60.0 Å². The summed E-state index contributed by atoms with van der Waals surface area (Å²) in [6.45, 7) is 3.60. The van der Waals surface area contributed by atoms with Gasteiger partial charge in [0.25, 0.3) is 5.56 Å². The molecule has 0 bridgehead atoms. The molecule has 7 nitrogen and oxygen atoms in total. The lowest BCUT2D eigenvalue weighted by Gasteiger charge is -2.15. The van der Waals surface area contributed by atoms with Gasteiger partial charge in [-0.05, 0) is 49.1 Å². The lowest BCUT2D eigenvalue weighted by molar-refractivity contribution is -0.122. The van der Waals surface area contributed by atoms with Gasteiger partial charge in [-0.1, -0.05) is 12.1 Å². The van der Waals surface area contributed by atoms with E-state index in [1.54, 1.807) is 18.4 Å². The number of thiophene rings is 1. The number of fused-ring (bicyclic) bond motifs is 3. The highest BCUT2D eigenvalue weighted by Crippen LogP contribution is 2.24. The van der Waals surface area contributed by atoms with Gasteiger partial charge in [0.1, 0.15) is 23.6 Å². The normalized spacial score (nSPS) is 12.4. The second kappa shape index (κ2) is 7.12. The molecule has 1 atom stereocenters. The van der Waals surface area contributed by atoms with Crippen LogP contribution in [-0.2, 0) is 11.3 Å². The highest BCUT2D eigenvalue weighted by atomic mass is 32.1. The van der Waals surface area contributed by atoms with Gasteiger partial charge >= 0.3 is 0 Å². The van der Waals surface area contributed by atoms with Crippen molar-refractivity contribution in [1.82, 2.24) is 19.5 Å². The predicted octanol–water partition coefficient (Wildman–Crippen LogP) is 2.91. The topological polar surface area (TPSA) is 77.6 Å². The number of nitrogens with zero attached hydrogens (tertiary/aromatic N) is 3. The van der Waals surface area contributed by atoms with Gasteiger partial charge in [-0.3, -0.25) is 14.0 Å². The van der Waals surface area contributed by atoms with Gasteiger partial charge in [0.2, 0.25) is 5.91 Å². The Kier molecular flexibility index (Phi) is 4.64. The predicted molar refractivity (Wildman–Crippen MR) is 109 cm³/mol. The van der Waals surface area contributed by atoms with Gasteiger partial charge in [-0.2, -0.15) is 5.10 Å². The average molecular weight is 396 g/mol. The number of ether oxygens (including phenoxy) is 1. The Hall–Kier alpha value is -3.13. The molecule has 144 valence electrons. The van der Waals surface area contributed by atoms with Gasteiger partial charge in [0.05, 0.1) is 23.4 Å². The number of nitrogens with one attached hydrogen (secondary N) is 1. The zero-order valence-corrected chi connectivity index (χ0v) is 16.6. The van der Waals surface area contributed by atoms with E-state index < -0.39 is 0 Å². The van der Waals surface area contributed by atoms with Crippen molar-refractivity contribution in [2.45, 2.75) is 26.4 Å². The molecule has 8 heteroatoms. The van der Waals surface area contributed by atoms with E-state index in [9.17, 15) is 9.59 Å². The first-order valence-electron chi connectivity index (χ1n) is 8.87. The van der Waals surface area contributed by atoms with Crippen LogP contribution in [0.5, 0.6) is 5.75 Å². The molecule has 1 amide bonds. The van der Waals surface area contributed by atoms with E-state index in [0.717, 1.165) is 21.5 Å². The number of carbonyl (C=O) groups is 1. The minimum Gasteiger partial charge on any atom is -0.497 e. The number of hydrogen-bond acceptors (Lipinski definition) is 5. The zero-order chi connectivity index (χ0) is 19.8. The molecular formula is C20H20N4O3S. The highest BCUT2D eigenvalue weighted by molar-refractivity contribution is 7.17. The number of amides is 1. The van der Waals surface area contributed by atoms with Gasteiger partial charge in [0, 0.05) is 0 Å². The molecule has 1 unspecified atom stereocenters. The lowest BCUT2D eigenvalue weighted by atomic mass is 10.1. The third-order valence-electron chi connectivity index (χ3n) is 4.75. The summed E-state index contributed by atoms with van der Waals surface area (Å²) in [5.41, 5.74) is 2.17. The molecule has 0 aliphatic rings. The van der Waals surface area contributed by atoms with Crippen LogP contribution in [-0.4, -0.2) is 27.2 Å². The Labute approximate surface area is 165 Å². The molecule has 3 aromatic heterocycles. The Morgan fingerprint density at radius 1 is 1.25 bits per heavy atom. The van der Waals surface area contributed by atoms with E-state index >= 15 is 0 Å². The summed E-state index contributed by atoms with van der Waals surface area (Å²) in [6, 6.07) is 11.1. The fourth-order valence-corrected chi connectivity index (χ4v) is 4.14. The maximum Gasteiger partial charge on any atom is 0.291 e. The van der Waals surface area contributed by atoms with Crippen molar-refractivity contribution in [3.05, 3.63) is 63.5 Å². The third-order valence-corrected chi connectivity index (χ3v) is 5.61. The molecule has 0 spiro atoms. The minimum atomic E-state index is -0.277. The monoisotopic (exact) mass is 396 g/mol. The van der Waals surface area contributed by atoms with Crippen molar-refractivity contribution in [2.75, 3.05) is 7.11 Å². The molecule has 0 saturated carbocycles. The summed E-state index contributed by atoms with van der Waals surface area (Å²) >= 11 is 1.57. The number of aryl methyl sites for hydroxylation is 1. The number of rotatable bonds is 5. The van der Waals surface area contributed by atoms with Crippen molar-refractivity contribution in [2.24, 2.45) is 0 Å². The summed E-state index contributed by atoms with van der Waals surface area (Å²) < 4.78 is 9.24. The van der Waals surface area contributed by atoms with Crippen molar-refractivity contribution in [3.63, 3.8) is 0 Å². The molecule has 4 aromatic rings. The SMILES string of the molecule is COc1ccc(C(C)NC(=O)Cn2nc(C)n3c(cc4sccc43)c2=O)cc1. The fraction of sp³-hybridized carbons (Fsp3) is 0.250. The number of carbonyl (C=O) groups excluding carboxylic acids is 1. The van der Waals surface area contributed by atoms with Crippen LogP contribution in [0.3, 0.4) is 0 Å². The molecule has 0 saturated heterocycles. The Morgan fingerprint density at radius 3 is 2.71 bits per heavy atom. The first-order chi connectivity index (χ1) is 13.5. The van der Waals surface area contributed by atoms with E-state index in [0.29, 0.717) is 11.3 Å². The van der Waals surface area contributed by atoms with Crippen LogP contribution in [0.2, 0.25) is 0 Å². The van der Waals surface area contributed by atoms with Crippen molar-refractivity contribution >= 4 is 33.0 Å². The smallest absolute Gasteiger partial charge is 0.291 e. The van der Waals surface area contributed by atoms with E-state index in [1.165, 1.54) is 4.68 Å². The summed E-state index contributed by atoms with van der Waals surface area (Å²) in [5, 5.41) is 9.24. The van der Waals surface area contributed by atoms with E-state index in [2.05, 4.69) is 10.4 Å². The minimum absolute atomic E-state index is 0.129. The highest BCUT2D eigenvalue weighted by Gasteiger charge is 2.16. The number of aromatic nitrogens is 3. The molecule has 0 aliphatic carbocycles. The number of hydrogen-bond donors (Lipinski definition) is 1. The van der Waals surface area contributed by atoms with Gasteiger partial charge in [-0.25, -0.2) is 4.68 Å². The first kappa shape index (κ1) is 18.2. The van der Waals surface area contributed by atoms with Crippen molar-refractivity contribution in [1.29, 1.82) is 0 Å². The molecule has 4 rings (SSSR count). The van der Waals surface area contributed by atoms with Crippen LogP contribution in [0.15, 0.2) is 46.6 Å². The Balaban J connectivity index is 1.56. The molecular weight excluding hydrogens is 376 g/mol. The first-order valence-corrected chi connectivity index (χ1v) is 9.75. The number of benzene rings is 1. The fourth-order valence-electron chi connectivity index (χ4n) is 3.33. The largest absolute Gasteiger partial charge is 0.497 e. The summed E-state index contributed by atoms with van der Waals surface area (Å²) in [6.07, 6.45) is 0. The van der Waals surface area contributed by atoms with Crippen LogP contribution < -0.4 is 15.6 Å². The molecule has 3 heterocycles. The standard InChI is InChI=1S/C20H20N4O3S/c1-12(14-4-6-15(27-3)7-5-14)21-19(25)11-23-20(26)17-10-18-16(8-9-28-18)24(17)13(2)22-23/h4-10,12H,11H2,1-3H3,(H,21,25). The second-order valence-corrected chi connectivity index (χ2v) is 7.56. The van der Waals surface area contributed by atoms with Crippen molar-refractivity contribution in [3.8, 4) is 5.75 Å². The molecule has 0 fully saturated rings. The summed E-state index contributed by atoms with van der Waals surface area (Å²) in [5.74, 6) is 1.16. The molecule has 28 heavy (non-hydrogen) atoms. The van der Waals surface area contributed by atoms with Crippen LogP contribution in [0.1, 0.15) is 24.4 Å². The maximum absolute atomic E-state index is 12.8. The van der Waals surface area contributed by atoms with Crippen LogP contribution in [0, 0.1) is 6.92 Å². The van der Waals surface area contributed by atoms with Crippen LogP contribution >= 0.6 is 11.3 Å². The maximum atomic E-state index is 12.8. The van der Waals surface area contributed by atoms with Gasteiger partial charge in [0.15, 0.2) is 0 Å². The average Bonchev–Trinajstić information content (AvgIpc) is 3.27. The third kappa shape index (κ3) is 3.16. The zero-order valence-electron chi connectivity index (χ0n) is 15.8.